The smallest absolute Gasteiger partial charge is 0.304 e. The van der Waals surface area contributed by atoms with Crippen molar-refractivity contribution in [1.29, 1.82) is 0 Å². The summed E-state index contributed by atoms with van der Waals surface area (Å²) in [4.78, 5) is 21.3. The maximum absolute atomic E-state index is 13.4. The second-order valence-corrected chi connectivity index (χ2v) is 4.14. The maximum Gasteiger partial charge on any atom is 0.304 e. The summed E-state index contributed by atoms with van der Waals surface area (Å²) < 4.78 is 23.4. The Balaban J connectivity index is 2.35. The van der Waals surface area contributed by atoms with Crippen LogP contribution in [0.2, 0.25) is 0 Å². The Labute approximate surface area is 121 Å². The molecule has 0 bridgehead atoms. The number of carbonyl (C=O) groups is 1. The first-order valence-corrected chi connectivity index (χ1v) is 6.35. The summed E-state index contributed by atoms with van der Waals surface area (Å²) in [6, 6.07) is 3.03. The molecule has 1 aromatic carbocycles. The molecule has 0 aliphatic carbocycles. The Bertz CT molecular complexity index is 495. The van der Waals surface area contributed by atoms with Gasteiger partial charge in [0.2, 0.25) is 5.82 Å². The van der Waals surface area contributed by atoms with Gasteiger partial charge >= 0.3 is 5.69 Å². The maximum atomic E-state index is 13.4. The molecule has 21 heavy (non-hydrogen) atoms. The van der Waals surface area contributed by atoms with Gasteiger partial charge in [-0.15, -0.1) is 0 Å². The Morgan fingerprint density at radius 2 is 2.14 bits per heavy atom. The number of hydrogen-bond donors (Lipinski definition) is 1. The van der Waals surface area contributed by atoms with Crippen LogP contribution in [0.4, 0.5) is 10.1 Å². The molecule has 0 aromatic heterocycles. The van der Waals surface area contributed by atoms with Gasteiger partial charge in [-0.1, -0.05) is 0 Å². The number of nitrogens with zero attached hydrogens (tertiary/aromatic N) is 1. The minimum absolute atomic E-state index is 0.0402. The lowest BCUT2D eigenvalue weighted by atomic mass is 10.2. The van der Waals surface area contributed by atoms with Crippen molar-refractivity contribution in [1.82, 2.24) is 5.32 Å². The van der Waals surface area contributed by atoms with Crippen LogP contribution in [0.15, 0.2) is 18.2 Å². The number of hydrogen-bond acceptors (Lipinski definition) is 5. The second-order valence-electron chi connectivity index (χ2n) is 4.14. The van der Waals surface area contributed by atoms with Gasteiger partial charge in [0.25, 0.3) is 5.91 Å². The minimum atomic E-state index is -1.03. The van der Waals surface area contributed by atoms with E-state index in [1.54, 1.807) is 7.11 Å². The zero-order valence-electron chi connectivity index (χ0n) is 11.6. The van der Waals surface area contributed by atoms with Gasteiger partial charge < -0.3 is 14.8 Å². The summed E-state index contributed by atoms with van der Waals surface area (Å²) in [5, 5.41) is 13.0. The number of nitro benzene ring substituents is 1. The number of carbonyl (C=O) groups excluding carboxylic acids is 1. The summed E-state index contributed by atoms with van der Waals surface area (Å²) in [6.45, 7) is 1.83. The van der Waals surface area contributed by atoms with Crippen LogP contribution in [0.5, 0.6) is 0 Å². The van der Waals surface area contributed by atoms with Gasteiger partial charge in [0.15, 0.2) is 0 Å². The van der Waals surface area contributed by atoms with E-state index >= 15 is 0 Å². The normalized spacial score (nSPS) is 10.4. The molecule has 0 unspecified atom stereocenters. The highest BCUT2D eigenvalue weighted by Gasteiger charge is 2.16. The highest BCUT2D eigenvalue weighted by atomic mass is 19.1. The third-order valence-electron chi connectivity index (χ3n) is 2.59. The lowest BCUT2D eigenvalue weighted by Gasteiger charge is -2.06. The molecule has 0 spiro atoms. The van der Waals surface area contributed by atoms with E-state index in [-0.39, 0.29) is 5.56 Å². The van der Waals surface area contributed by atoms with E-state index < -0.39 is 22.3 Å². The summed E-state index contributed by atoms with van der Waals surface area (Å²) in [7, 11) is 1.58. The molecular weight excluding hydrogens is 283 g/mol. The molecule has 0 saturated heterocycles. The van der Waals surface area contributed by atoms with E-state index in [0.29, 0.717) is 32.8 Å². The highest BCUT2D eigenvalue weighted by Crippen LogP contribution is 2.17. The van der Waals surface area contributed by atoms with Crippen molar-refractivity contribution in [2.75, 3.05) is 33.5 Å². The van der Waals surface area contributed by atoms with Crippen LogP contribution in [0.3, 0.4) is 0 Å². The van der Waals surface area contributed by atoms with Crippen molar-refractivity contribution in [3.63, 3.8) is 0 Å². The molecule has 116 valence electrons. The molecule has 0 saturated carbocycles. The van der Waals surface area contributed by atoms with E-state index in [4.69, 9.17) is 9.47 Å². The first kappa shape index (κ1) is 17.0. The molecule has 0 aliphatic heterocycles. The fraction of sp³-hybridized carbons (Fsp3) is 0.462. The van der Waals surface area contributed by atoms with Gasteiger partial charge in [0.05, 0.1) is 18.1 Å². The van der Waals surface area contributed by atoms with Gasteiger partial charge in [-0.05, 0) is 18.6 Å². The fourth-order valence-electron chi connectivity index (χ4n) is 1.52. The van der Waals surface area contributed by atoms with Crippen molar-refractivity contribution in [2.45, 2.75) is 6.42 Å². The van der Waals surface area contributed by atoms with Gasteiger partial charge in [0.1, 0.15) is 0 Å². The highest BCUT2D eigenvalue weighted by molar-refractivity contribution is 5.94. The van der Waals surface area contributed by atoms with E-state index in [1.807, 2.05) is 0 Å². The standard InChI is InChI=1S/C13H17FN2O5/c1-20-7-8-21-6-2-5-15-13(17)10-3-4-12(16(18)19)11(14)9-10/h3-4,9H,2,5-8H2,1H3,(H,15,17). The van der Waals surface area contributed by atoms with Crippen LogP contribution >= 0.6 is 0 Å². The summed E-state index contributed by atoms with van der Waals surface area (Å²) in [5.74, 6) is -1.52. The Morgan fingerprint density at radius 3 is 2.76 bits per heavy atom. The number of amides is 1. The third-order valence-corrected chi connectivity index (χ3v) is 2.59. The minimum Gasteiger partial charge on any atom is -0.382 e. The van der Waals surface area contributed by atoms with Crippen molar-refractivity contribution in [3.05, 3.63) is 39.7 Å². The Hall–Kier alpha value is -2.06. The van der Waals surface area contributed by atoms with Crippen molar-refractivity contribution < 1.29 is 23.6 Å². The van der Waals surface area contributed by atoms with Crippen LogP contribution in [0.1, 0.15) is 16.8 Å². The van der Waals surface area contributed by atoms with E-state index in [1.165, 1.54) is 6.07 Å². The quantitative estimate of drug-likeness (QED) is 0.424. The molecular formula is C13H17FN2O5. The molecule has 0 heterocycles. The van der Waals surface area contributed by atoms with Crippen molar-refractivity contribution >= 4 is 11.6 Å². The average molecular weight is 300 g/mol. The molecule has 8 heteroatoms. The zero-order chi connectivity index (χ0) is 15.7. The molecule has 1 rings (SSSR count). The first-order valence-electron chi connectivity index (χ1n) is 6.35. The van der Waals surface area contributed by atoms with Crippen LogP contribution in [0.25, 0.3) is 0 Å². The molecule has 0 radical (unpaired) electrons. The largest absolute Gasteiger partial charge is 0.382 e. The zero-order valence-corrected chi connectivity index (χ0v) is 11.6. The van der Waals surface area contributed by atoms with Crippen LogP contribution in [0, 0.1) is 15.9 Å². The molecule has 1 aromatic rings. The molecule has 0 fully saturated rings. The van der Waals surface area contributed by atoms with E-state index in [9.17, 15) is 19.3 Å². The summed E-state index contributed by atoms with van der Waals surface area (Å²) in [6.07, 6.45) is 0.602. The van der Waals surface area contributed by atoms with Crippen molar-refractivity contribution in [2.24, 2.45) is 0 Å². The fourth-order valence-corrected chi connectivity index (χ4v) is 1.52. The molecule has 1 amide bonds. The number of nitrogens with one attached hydrogen (secondary N) is 1. The lowest BCUT2D eigenvalue weighted by Crippen LogP contribution is -2.25. The predicted octanol–water partition coefficient (Wildman–Crippen LogP) is 1.52. The van der Waals surface area contributed by atoms with Crippen LogP contribution < -0.4 is 5.32 Å². The monoisotopic (exact) mass is 300 g/mol. The number of benzene rings is 1. The molecule has 0 aliphatic rings. The SMILES string of the molecule is COCCOCCCNC(=O)c1ccc([N+](=O)[O-])c(F)c1. The number of halogens is 1. The lowest BCUT2D eigenvalue weighted by molar-refractivity contribution is -0.387. The molecule has 0 atom stereocenters. The summed E-state index contributed by atoms with van der Waals surface area (Å²) >= 11 is 0. The topological polar surface area (TPSA) is 90.7 Å². The van der Waals surface area contributed by atoms with Gasteiger partial charge in [-0.25, -0.2) is 0 Å². The molecule has 7 nitrogen and oxygen atoms in total. The number of ether oxygens (including phenoxy) is 2. The third kappa shape index (κ3) is 5.84. The van der Waals surface area contributed by atoms with Crippen LogP contribution in [-0.4, -0.2) is 44.3 Å². The van der Waals surface area contributed by atoms with Gasteiger partial charge in [-0.3, -0.25) is 14.9 Å². The van der Waals surface area contributed by atoms with E-state index in [0.717, 1.165) is 12.1 Å². The number of nitro groups is 1. The predicted molar refractivity (Wildman–Crippen MR) is 72.7 cm³/mol. The summed E-state index contributed by atoms with van der Waals surface area (Å²) in [5.41, 5.74) is -0.614. The number of rotatable bonds is 9. The van der Waals surface area contributed by atoms with Gasteiger partial charge in [0, 0.05) is 31.9 Å². The van der Waals surface area contributed by atoms with Gasteiger partial charge in [-0.2, -0.15) is 4.39 Å². The first-order chi connectivity index (χ1) is 10.1. The Morgan fingerprint density at radius 1 is 1.38 bits per heavy atom. The van der Waals surface area contributed by atoms with Crippen molar-refractivity contribution in [3.8, 4) is 0 Å². The average Bonchev–Trinajstić information content (AvgIpc) is 2.45. The Kier molecular flexibility index (Phi) is 7.27. The number of methoxy groups -OCH3 is 1. The molecule has 1 N–H and O–H groups in total. The second kappa shape index (κ2) is 8.98. The van der Waals surface area contributed by atoms with E-state index in [2.05, 4.69) is 5.32 Å². The van der Waals surface area contributed by atoms with Crippen LogP contribution in [-0.2, 0) is 9.47 Å².